The van der Waals surface area contributed by atoms with E-state index in [1.807, 2.05) is 68.7 Å². The third-order valence-corrected chi connectivity index (χ3v) is 5.96. The number of furan rings is 1. The SMILES string of the molecule is Cc1cc(C)c(C(=O)CSc2nnc(-c3ccoc3C)n2-c2ccccc2)c(C)c1. The van der Waals surface area contributed by atoms with E-state index < -0.39 is 0 Å². The molecular formula is C24H23N3O2S. The van der Waals surface area contributed by atoms with Crippen LogP contribution in [0, 0.1) is 27.7 Å². The number of rotatable bonds is 6. The number of aryl methyl sites for hydroxylation is 4. The second kappa shape index (κ2) is 8.32. The van der Waals surface area contributed by atoms with Gasteiger partial charge in [0.05, 0.1) is 17.6 Å². The topological polar surface area (TPSA) is 60.9 Å². The van der Waals surface area contributed by atoms with Gasteiger partial charge in [-0.1, -0.05) is 47.7 Å². The summed E-state index contributed by atoms with van der Waals surface area (Å²) in [5.41, 5.74) is 5.81. The van der Waals surface area contributed by atoms with E-state index in [-0.39, 0.29) is 5.78 Å². The average molecular weight is 418 g/mol. The van der Waals surface area contributed by atoms with Crippen molar-refractivity contribution in [2.75, 3.05) is 5.75 Å². The van der Waals surface area contributed by atoms with Gasteiger partial charge in [-0.3, -0.25) is 9.36 Å². The van der Waals surface area contributed by atoms with Gasteiger partial charge in [-0.05, 0) is 57.0 Å². The molecule has 0 fully saturated rings. The molecule has 0 aliphatic rings. The van der Waals surface area contributed by atoms with Crippen molar-refractivity contribution >= 4 is 17.5 Å². The molecule has 6 heteroatoms. The zero-order valence-electron chi connectivity index (χ0n) is 17.5. The molecule has 30 heavy (non-hydrogen) atoms. The predicted molar refractivity (Wildman–Crippen MR) is 120 cm³/mol. The largest absolute Gasteiger partial charge is 0.469 e. The standard InChI is InChI=1S/C24H23N3O2S/c1-15-12-16(2)22(17(3)13-15)21(28)14-30-24-26-25-23(20-10-11-29-18(20)4)27(24)19-8-6-5-7-9-19/h5-13H,14H2,1-4H3. The van der Waals surface area contributed by atoms with Gasteiger partial charge in [-0.15, -0.1) is 10.2 Å². The number of hydrogen-bond acceptors (Lipinski definition) is 5. The van der Waals surface area contributed by atoms with Gasteiger partial charge in [-0.25, -0.2) is 0 Å². The summed E-state index contributed by atoms with van der Waals surface area (Å²) in [5.74, 6) is 1.86. The fourth-order valence-electron chi connectivity index (χ4n) is 3.79. The van der Waals surface area contributed by atoms with E-state index in [1.54, 1.807) is 6.26 Å². The van der Waals surface area contributed by atoms with Gasteiger partial charge in [0.15, 0.2) is 16.8 Å². The smallest absolute Gasteiger partial charge is 0.196 e. The highest BCUT2D eigenvalue weighted by Crippen LogP contribution is 2.31. The minimum absolute atomic E-state index is 0.0960. The molecule has 4 rings (SSSR count). The summed E-state index contributed by atoms with van der Waals surface area (Å²) in [7, 11) is 0. The molecule has 4 aromatic rings. The molecule has 0 aliphatic heterocycles. The number of nitrogens with zero attached hydrogens (tertiary/aromatic N) is 3. The Hall–Kier alpha value is -3.12. The minimum Gasteiger partial charge on any atom is -0.469 e. The lowest BCUT2D eigenvalue weighted by atomic mass is 9.97. The number of carbonyl (C=O) groups is 1. The van der Waals surface area contributed by atoms with Gasteiger partial charge in [-0.2, -0.15) is 0 Å². The van der Waals surface area contributed by atoms with Crippen LogP contribution >= 0.6 is 11.8 Å². The van der Waals surface area contributed by atoms with E-state index in [2.05, 4.69) is 22.3 Å². The molecule has 0 radical (unpaired) electrons. The van der Waals surface area contributed by atoms with Gasteiger partial charge >= 0.3 is 0 Å². The number of para-hydroxylation sites is 1. The van der Waals surface area contributed by atoms with E-state index in [9.17, 15) is 4.79 Å². The first-order chi connectivity index (χ1) is 14.5. The van der Waals surface area contributed by atoms with Crippen LogP contribution in [0.1, 0.15) is 32.8 Å². The first-order valence-corrected chi connectivity index (χ1v) is 10.7. The molecule has 5 nitrogen and oxygen atoms in total. The molecule has 0 atom stereocenters. The van der Waals surface area contributed by atoms with E-state index >= 15 is 0 Å². The highest BCUT2D eigenvalue weighted by atomic mass is 32.2. The first-order valence-electron chi connectivity index (χ1n) is 9.75. The molecule has 0 saturated heterocycles. The maximum absolute atomic E-state index is 13.0. The molecule has 0 saturated carbocycles. The van der Waals surface area contributed by atoms with Crippen molar-refractivity contribution in [1.29, 1.82) is 0 Å². The third kappa shape index (κ3) is 3.83. The normalized spacial score (nSPS) is 11.1. The lowest BCUT2D eigenvalue weighted by Crippen LogP contribution is -2.09. The lowest BCUT2D eigenvalue weighted by Gasteiger charge is -2.11. The van der Waals surface area contributed by atoms with Crippen LogP contribution in [0.4, 0.5) is 0 Å². The van der Waals surface area contributed by atoms with Gasteiger partial charge in [0.25, 0.3) is 0 Å². The van der Waals surface area contributed by atoms with Gasteiger partial charge in [0.2, 0.25) is 0 Å². The summed E-state index contributed by atoms with van der Waals surface area (Å²) in [6, 6.07) is 15.9. The molecule has 152 valence electrons. The highest BCUT2D eigenvalue weighted by Gasteiger charge is 2.21. The Morgan fingerprint density at radius 1 is 1.00 bits per heavy atom. The molecule has 0 aliphatic carbocycles. The van der Waals surface area contributed by atoms with Crippen LogP contribution in [-0.2, 0) is 0 Å². The minimum atomic E-state index is 0.0960. The molecule has 0 bridgehead atoms. The summed E-state index contributed by atoms with van der Waals surface area (Å²) in [4.78, 5) is 13.0. The monoisotopic (exact) mass is 417 g/mol. The Labute approximate surface area is 180 Å². The Morgan fingerprint density at radius 3 is 2.33 bits per heavy atom. The van der Waals surface area contributed by atoms with Crippen molar-refractivity contribution in [2.24, 2.45) is 0 Å². The van der Waals surface area contributed by atoms with Crippen molar-refractivity contribution in [3.05, 3.63) is 82.8 Å². The third-order valence-electron chi connectivity index (χ3n) is 5.04. The number of ketones is 1. The number of hydrogen-bond donors (Lipinski definition) is 0. The van der Waals surface area contributed by atoms with Crippen LogP contribution in [0.3, 0.4) is 0 Å². The van der Waals surface area contributed by atoms with Crippen molar-refractivity contribution in [1.82, 2.24) is 14.8 Å². The Kier molecular flexibility index (Phi) is 5.59. The lowest BCUT2D eigenvalue weighted by molar-refractivity contribution is 0.102. The van der Waals surface area contributed by atoms with Crippen LogP contribution in [-0.4, -0.2) is 26.3 Å². The summed E-state index contributed by atoms with van der Waals surface area (Å²) in [6.45, 7) is 7.93. The number of aromatic nitrogens is 3. The molecule has 2 aromatic heterocycles. The van der Waals surface area contributed by atoms with Crippen LogP contribution in [0.5, 0.6) is 0 Å². The van der Waals surface area contributed by atoms with Crippen LogP contribution in [0.15, 0.2) is 64.4 Å². The van der Waals surface area contributed by atoms with E-state index in [4.69, 9.17) is 4.42 Å². The second-order valence-corrected chi connectivity index (χ2v) is 8.30. The molecule has 0 amide bonds. The number of carbonyl (C=O) groups excluding carboxylic acids is 1. The summed E-state index contributed by atoms with van der Waals surface area (Å²) >= 11 is 1.40. The second-order valence-electron chi connectivity index (χ2n) is 7.35. The van der Waals surface area contributed by atoms with Crippen LogP contribution in [0.25, 0.3) is 17.1 Å². The molecule has 2 heterocycles. The van der Waals surface area contributed by atoms with Gasteiger partial charge in [0, 0.05) is 11.3 Å². The van der Waals surface area contributed by atoms with Crippen LogP contribution in [0.2, 0.25) is 0 Å². The number of benzene rings is 2. The molecule has 0 N–H and O–H groups in total. The quantitative estimate of drug-likeness (QED) is 0.296. The summed E-state index contributed by atoms with van der Waals surface area (Å²) in [5, 5.41) is 9.48. The van der Waals surface area contributed by atoms with Crippen molar-refractivity contribution in [3.8, 4) is 17.1 Å². The maximum atomic E-state index is 13.0. The van der Waals surface area contributed by atoms with E-state index in [1.165, 1.54) is 11.8 Å². The van der Waals surface area contributed by atoms with E-state index in [0.717, 1.165) is 39.3 Å². The summed E-state index contributed by atoms with van der Waals surface area (Å²) in [6.07, 6.45) is 1.65. The predicted octanol–water partition coefficient (Wildman–Crippen LogP) is 5.74. The van der Waals surface area contributed by atoms with Crippen LogP contribution < -0.4 is 0 Å². The average Bonchev–Trinajstić information content (AvgIpc) is 3.31. The highest BCUT2D eigenvalue weighted by molar-refractivity contribution is 7.99. The molecular weight excluding hydrogens is 394 g/mol. The fourth-order valence-corrected chi connectivity index (χ4v) is 4.61. The van der Waals surface area contributed by atoms with E-state index in [0.29, 0.717) is 16.7 Å². The summed E-state index contributed by atoms with van der Waals surface area (Å²) < 4.78 is 7.45. The Bertz CT molecular complexity index is 1190. The molecule has 0 spiro atoms. The van der Waals surface area contributed by atoms with Gasteiger partial charge < -0.3 is 4.42 Å². The van der Waals surface area contributed by atoms with Crippen molar-refractivity contribution in [2.45, 2.75) is 32.9 Å². The number of Topliss-reactive ketones (excluding diaryl/α,β-unsaturated/α-hetero) is 1. The van der Waals surface area contributed by atoms with Crippen molar-refractivity contribution in [3.63, 3.8) is 0 Å². The van der Waals surface area contributed by atoms with Gasteiger partial charge in [0.1, 0.15) is 5.76 Å². The zero-order chi connectivity index (χ0) is 21.3. The number of thioether (sulfide) groups is 1. The fraction of sp³-hybridized carbons (Fsp3) is 0.208. The maximum Gasteiger partial charge on any atom is 0.196 e. The Morgan fingerprint density at radius 2 is 1.70 bits per heavy atom. The van der Waals surface area contributed by atoms with Crippen molar-refractivity contribution < 1.29 is 9.21 Å². The molecule has 2 aromatic carbocycles. The molecule has 0 unspecified atom stereocenters. The first kappa shape index (κ1) is 20.2. The zero-order valence-corrected chi connectivity index (χ0v) is 18.3. The Balaban J connectivity index is 1.68.